The molecule has 0 spiro atoms. The van der Waals surface area contributed by atoms with Gasteiger partial charge in [0.2, 0.25) is 5.91 Å². The lowest BCUT2D eigenvalue weighted by Crippen LogP contribution is -2.27. The van der Waals surface area contributed by atoms with Gasteiger partial charge in [0.1, 0.15) is 12.5 Å². The first kappa shape index (κ1) is 29.0. The third-order valence-electron chi connectivity index (χ3n) is 7.79. The van der Waals surface area contributed by atoms with Crippen molar-refractivity contribution in [1.82, 2.24) is 24.2 Å². The maximum Gasteiger partial charge on any atom is 0.256 e. The Bertz CT molecular complexity index is 1590. The number of aromatic nitrogens is 4. The number of nitrogens with one attached hydrogen (secondary N) is 2. The first-order valence-electron chi connectivity index (χ1n) is 14.3. The number of aryl methyl sites for hydroxylation is 1. The van der Waals surface area contributed by atoms with E-state index in [-0.39, 0.29) is 11.8 Å². The highest BCUT2D eigenvalue weighted by Crippen LogP contribution is 2.27. The van der Waals surface area contributed by atoms with E-state index < -0.39 is 8.07 Å². The molecule has 1 aromatic carbocycles. The molecule has 0 aliphatic carbocycles. The molecule has 41 heavy (non-hydrogen) atoms. The summed E-state index contributed by atoms with van der Waals surface area (Å²) in [5.41, 5.74) is 3.41. The van der Waals surface area contributed by atoms with Crippen LogP contribution < -0.4 is 10.6 Å². The van der Waals surface area contributed by atoms with Gasteiger partial charge in [-0.1, -0.05) is 19.6 Å². The summed E-state index contributed by atoms with van der Waals surface area (Å²) < 4.78 is 10.1. The van der Waals surface area contributed by atoms with Crippen LogP contribution in [0.3, 0.4) is 0 Å². The maximum absolute atomic E-state index is 13.3. The molecule has 1 aliphatic rings. The summed E-state index contributed by atoms with van der Waals surface area (Å²) >= 11 is 0. The molecule has 11 heteroatoms. The molecule has 10 nitrogen and oxygen atoms in total. The summed E-state index contributed by atoms with van der Waals surface area (Å²) in [6.07, 6.45) is 4.28. The van der Waals surface area contributed by atoms with Crippen molar-refractivity contribution in [2.24, 2.45) is 7.05 Å². The van der Waals surface area contributed by atoms with Gasteiger partial charge in [-0.15, -0.1) is 0 Å². The molecular formula is C30H41N7O3Si. The van der Waals surface area contributed by atoms with E-state index >= 15 is 0 Å². The largest absolute Gasteiger partial charge is 0.361 e. The van der Waals surface area contributed by atoms with E-state index in [1.807, 2.05) is 12.3 Å². The van der Waals surface area contributed by atoms with Gasteiger partial charge < -0.3 is 19.9 Å². The van der Waals surface area contributed by atoms with Gasteiger partial charge >= 0.3 is 0 Å². The Morgan fingerprint density at radius 1 is 1.12 bits per heavy atom. The van der Waals surface area contributed by atoms with Crippen LogP contribution in [0.5, 0.6) is 0 Å². The predicted octanol–water partition coefficient (Wildman–Crippen LogP) is 5.43. The van der Waals surface area contributed by atoms with Crippen molar-refractivity contribution in [2.75, 3.05) is 23.8 Å². The van der Waals surface area contributed by atoms with Gasteiger partial charge in [0.25, 0.3) is 5.91 Å². The number of hydrogen-bond donors (Lipinski definition) is 2. The minimum atomic E-state index is -1.20. The molecule has 1 aliphatic heterocycles. The van der Waals surface area contributed by atoms with Crippen LogP contribution in [0.25, 0.3) is 21.8 Å². The van der Waals surface area contributed by atoms with Crippen molar-refractivity contribution in [2.45, 2.75) is 71.7 Å². The van der Waals surface area contributed by atoms with Crippen LogP contribution in [-0.2, 0) is 29.9 Å². The SMILES string of the molecule is CC(=O)Nc1nn(C)c2cc(C(=O)Nc3cc4c(cn3)cc(CN3CCC[C@@H]3C)n4COCC[Si](C)(C)C)ccc12. The molecule has 218 valence electrons. The van der Waals surface area contributed by atoms with Gasteiger partial charge in [0, 0.05) is 75.5 Å². The molecule has 4 aromatic rings. The van der Waals surface area contributed by atoms with E-state index in [1.54, 1.807) is 29.9 Å². The molecule has 5 rings (SSSR count). The van der Waals surface area contributed by atoms with Crippen molar-refractivity contribution in [1.29, 1.82) is 0 Å². The molecule has 0 radical (unpaired) electrons. The lowest BCUT2D eigenvalue weighted by atomic mass is 10.1. The predicted molar refractivity (Wildman–Crippen MR) is 166 cm³/mol. The molecule has 4 heterocycles. The van der Waals surface area contributed by atoms with Gasteiger partial charge in [-0.2, -0.15) is 5.10 Å². The van der Waals surface area contributed by atoms with Crippen LogP contribution in [0, 0.1) is 0 Å². The van der Waals surface area contributed by atoms with Crippen LogP contribution in [0.4, 0.5) is 11.6 Å². The van der Waals surface area contributed by atoms with Crippen molar-refractivity contribution < 1.29 is 14.3 Å². The summed E-state index contributed by atoms with van der Waals surface area (Å²) in [4.78, 5) is 31.9. The monoisotopic (exact) mass is 575 g/mol. The molecule has 0 saturated carbocycles. The highest BCUT2D eigenvalue weighted by Gasteiger charge is 2.23. The van der Waals surface area contributed by atoms with Crippen molar-refractivity contribution in [3.05, 3.63) is 47.8 Å². The van der Waals surface area contributed by atoms with Crippen molar-refractivity contribution in [3.63, 3.8) is 0 Å². The molecule has 1 atom stereocenters. The number of pyridine rings is 1. The van der Waals surface area contributed by atoms with Gasteiger partial charge in [-0.25, -0.2) is 4.98 Å². The van der Waals surface area contributed by atoms with Gasteiger partial charge in [-0.3, -0.25) is 19.2 Å². The molecule has 0 unspecified atom stereocenters. The fraction of sp³-hybridized carbons (Fsp3) is 0.467. The molecule has 2 N–H and O–H groups in total. The average Bonchev–Trinajstić information content (AvgIpc) is 3.56. The third-order valence-corrected chi connectivity index (χ3v) is 9.50. The number of amides is 2. The molecular weight excluding hydrogens is 534 g/mol. The summed E-state index contributed by atoms with van der Waals surface area (Å²) in [6, 6.07) is 11.1. The Hall–Kier alpha value is -3.54. The number of benzene rings is 1. The Morgan fingerprint density at radius 3 is 2.63 bits per heavy atom. The second-order valence-electron chi connectivity index (χ2n) is 12.3. The van der Waals surface area contributed by atoms with E-state index in [4.69, 9.17) is 4.74 Å². The topological polar surface area (TPSA) is 106 Å². The van der Waals surface area contributed by atoms with Crippen LogP contribution in [-0.4, -0.2) is 63.3 Å². The molecule has 1 fully saturated rings. The number of carbonyl (C=O) groups is 2. The highest BCUT2D eigenvalue weighted by atomic mass is 28.3. The fourth-order valence-electron chi connectivity index (χ4n) is 5.38. The van der Waals surface area contributed by atoms with Gasteiger partial charge in [-0.05, 0) is 56.6 Å². The third kappa shape index (κ3) is 6.69. The summed E-state index contributed by atoms with van der Waals surface area (Å²) in [5.74, 6) is 0.490. The lowest BCUT2D eigenvalue weighted by molar-refractivity contribution is -0.114. The Morgan fingerprint density at radius 2 is 1.93 bits per heavy atom. The molecule has 1 saturated heterocycles. The van der Waals surface area contributed by atoms with E-state index in [0.29, 0.717) is 30.0 Å². The van der Waals surface area contributed by atoms with E-state index in [1.165, 1.54) is 25.5 Å². The zero-order valence-corrected chi connectivity index (χ0v) is 26.0. The van der Waals surface area contributed by atoms with E-state index in [0.717, 1.165) is 47.5 Å². The number of nitrogens with zero attached hydrogens (tertiary/aromatic N) is 5. The van der Waals surface area contributed by atoms with Crippen LogP contribution in [0.15, 0.2) is 36.5 Å². The Labute approximate surface area is 242 Å². The molecule has 2 amide bonds. The normalized spacial score (nSPS) is 16.1. The number of ether oxygens (including phenoxy) is 1. The van der Waals surface area contributed by atoms with Crippen molar-refractivity contribution >= 4 is 53.3 Å². The number of anilines is 2. The highest BCUT2D eigenvalue weighted by molar-refractivity contribution is 6.76. The van der Waals surface area contributed by atoms with Gasteiger partial charge in [0.05, 0.1) is 11.0 Å². The zero-order valence-electron chi connectivity index (χ0n) is 25.0. The first-order valence-corrected chi connectivity index (χ1v) is 18.0. The number of hydrogen-bond acceptors (Lipinski definition) is 6. The first-order chi connectivity index (χ1) is 19.5. The number of likely N-dealkylation sites (tertiary alicyclic amines) is 1. The van der Waals surface area contributed by atoms with Gasteiger partial charge in [0.15, 0.2) is 5.82 Å². The van der Waals surface area contributed by atoms with Crippen LogP contribution in [0.2, 0.25) is 25.7 Å². The average molecular weight is 576 g/mol. The summed E-state index contributed by atoms with van der Waals surface area (Å²) in [5, 5.41) is 11.9. The maximum atomic E-state index is 13.3. The smallest absolute Gasteiger partial charge is 0.256 e. The quantitative estimate of drug-likeness (QED) is 0.193. The van der Waals surface area contributed by atoms with Crippen LogP contribution in [0.1, 0.15) is 42.7 Å². The lowest BCUT2D eigenvalue weighted by Gasteiger charge is -2.22. The van der Waals surface area contributed by atoms with Crippen LogP contribution >= 0.6 is 0 Å². The van der Waals surface area contributed by atoms with E-state index in [9.17, 15) is 9.59 Å². The van der Waals surface area contributed by atoms with E-state index in [2.05, 4.69) is 62.8 Å². The number of rotatable bonds is 10. The number of carbonyl (C=O) groups excluding carboxylic acids is 2. The minimum absolute atomic E-state index is 0.197. The summed E-state index contributed by atoms with van der Waals surface area (Å²) in [6.45, 7) is 14.0. The van der Waals surface area contributed by atoms with Crippen molar-refractivity contribution in [3.8, 4) is 0 Å². The second kappa shape index (κ2) is 11.7. The molecule has 0 bridgehead atoms. The zero-order chi connectivity index (χ0) is 29.3. The number of fused-ring (bicyclic) bond motifs is 2. The second-order valence-corrected chi connectivity index (χ2v) is 18.0. The standard InChI is InChI=1S/C30H41N7O3Si/c1-20-8-7-11-36(20)18-24-14-23-17-31-28(16-26(23)37(24)19-40-12-13-41(4,5)6)33-30(39)22-9-10-25-27(15-22)35(3)34-29(25)32-21(2)38/h9-10,14-17,20H,7-8,11-13,18-19H2,1-6H3,(H,31,33,39)(H,32,34,38)/t20-/m0/s1. The Balaban J connectivity index is 1.39. The summed E-state index contributed by atoms with van der Waals surface area (Å²) in [7, 11) is 0.587. The Kier molecular flexibility index (Phi) is 8.30. The molecule has 3 aromatic heterocycles. The minimum Gasteiger partial charge on any atom is -0.361 e. The fourth-order valence-corrected chi connectivity index (χ4v) is 6.14.